The number of allylic oxidation sites excluding steroid dienone is 4. The van der Waals surface area contributed by atoms with Crippen molar-refractivity contribution in [1.29, 1.82) is 5.41 Å². The van der Waals surface area contributed by atoms with E-state index in [0.717, 1.165) is 0 Å². The Labute approximate surface area is 60.3 Å². The van der Waals surface area contributed by atoms with Crippen molar-refractivity contribution in [2.75, 3.05) is 0 Å². The van der Waals surface area contributed by atoms with Crippen molar-refractivity contribution in [3.05, 3.63) is 23.9 Å². The number of rotatable bonds is 0. The van der Waals surface area contributed by atoms with E-state index in [1.165, 1.54) is 0 Å². The molecule has 0 atom stereocenters. The second kappa shape index (κ2) is 2.52. The molecule has 0 aromatic rings. The third kappa shape index (κ3) is 1.00. The number of hydrogen-bond donors (Lipinski definition) is 2. The zero-order valence-corrected chi connectivity index (χ0v) is 5.76. The molecular weight excluding hydrogens is 125 g/mol. The van der Waals surface area contributed by atoms with Crippen LogP contribution in [0.5, 0.6) is 0 Å². The standard InChI is InChI=1S/C6H8BN3/c7-10-5-3-1-2-4(8)6(5)9/h1-3,9H,7-8H2/b9-6?,10-5-. The minimum absolute atomic E-state index is 0.310. The molecule has 3 nitrogen and oxygen atoms in total. The largest absolute Gasteiger partial charge is 0.397 e. The van der Waals surface area contributed by atoms with Crippen molar-refractivity contribution < 1.29 is 0 Å². The van der Waals surface area contributed by atoms with E-state index < -0.39 is 0 Å². The molecule has 0 aliphatic heterocycles. The monoisotopic (exact) mass is 133 g/mol. The molecule has 4 heteroatoms. The van der Waals surface area contributed by atoms with Gasteiger partial charge in [0.05, 0.1) is 11.4 Å². The Bertz CT molecular complexity index is 250. The van der Waals surface area contributed by atoms with E-state index in [4.69, 9.17) is 11.1 Å². The summed E-state index contributed by atoms with van der Waals surface area (Å²) in [6.07, 6.45) is 5.24. The molecule has 1 rings (SSSR count). The Morgan fingerprint density at radius 1 is 1.60 bits per heavy atom. The molecule has 0 saturated heterocycles. The number of nitrogens with two attached hydrogens (primary N) is 1. The molecule has 0 saturated carbocycles. The summed E-state index contributed by atoms with van der Waals surface area (Å²) in [6, 6.07) is 0. The number of nitrogens with zero attached hydrogens (tertiary/aromatic N) is 1. The van der Waals surface area contributed by atoms with Crippen LogP contribution < -0.4 is 5.73 Å². The third-order valence-electron chi connectivity index (χ3n) is 1.32. The molecule has 0 amide bonds. The highest BCUT2D eigenvalue weighted by Crippen LogP contribution is 1.99. The van der Waals surface area contributed by atoms with Gasteiger partial charge in [-0.05, 0) is 12.2 Å². The van der Waals surface area contributed by atoms with Gasteiger partial charge in [-0.3, -0.25) is 5.41 Å². The minimum Gasteiger partial charge on any atom is -0.397 e. The van der Waals surface area contributed by atoms with E-state index in [1.807, 2.05) is 0 Å². The summed E-state index contributed by atoms with van der Waals surface area (Å²) in [5.41, 5.74) is 6.87. The summed E-state index contributed by atoms with van der Waals surface area (Å²) in [5, 5.41) is 7.38. The van der Waals surface area contributed by atoms with Crippen molar-refractivity contribution in [3.8, 4) is 0 Å². The SMILES string of the molecule is B/N=C1/C=CC=C(N)C1=N. The van der Waals surface area contributed by atoms with E-state index >= 15 is 0 Å². The molecule has 0 spiro atoms. The molecule has 0 radical (unpaired) electrons. The van der Waals surface area contributed by atoms with E-state index in [-0.39, 0.29) is 0 Å². The average molecular weight is 133 g/mol. The summed E-state index contributed by atoms with van der Waals surface area (Å²) < 4.78 is 0. The summed E-state index contributed by atoms with van der Waals surface area (Å²) >= 11 is 0. The molecule has 10 heavy (non-hydrogen) atoms. The first-order chi connectivity index (χ1) is 4.75. The van der Waals surface area contributed by atoms with Gasteiger partial charge in [-0.2, -0.15) is 0 Å². The lowest BCUT2D eigenvalue weighted by atomic mass is 10.1. The topological polar surface area (TPSA) is 62.2 Å². The Morgan fingerprint density at radius 3 is 2.80 bits per heavy atom. The van der Waals surface area contributed by atoms with Crippen molar-refractivity contribution in [1.82, 2.24) is 0 Å². The number of hydrogen-bond acceptors (Lipinski definition) is 3. The second-order valence-electron chi connectivity index (χ2n) is 1.96. The quantitative estimate of drug-likeness (QED) is 0.336. The molecular formula is C6H8BN3. The van der Waals surface area contributed by atoms with Crippen LogP contribution >= 0.6 is 0 Å². The predicted octanol–water partition coefficient (Wildman–Crippen LogP) is -0.592. The van der Waals surface area contributed by atoms with Gasteiger partial charge in [0.25, 0.3) is 0 Å². The first-order valence-electron chi connectivity index (χ1n) is 2.95. The highest BCUT2D eigenvalue weighted by atomic mass is 14.7. The van der Waals surface area contributed by atoms with Crippen LogP contribution in [-0.2, 0) is 0 Å². The van der Waals surface area contributed by atoms with Gasteiger partial charge < -0.3 is 10.6 Å². The summed E-state index contributed by atoms with van der Waals surface area (Å²) in [5.74, 6) is 0. The van der Waals surface area contributed by atoms with E-state index in [0.29, 0.717) is 17.1 Å². The summed E-state index contributed by atoms with van der Waals surface area (Å²) in [4.78, 5) is 3.86. The average Bonchev–Trinajstić information content (AvgIpc) is 1.95. The van der Waals surface area contributed by atoms with Gasteiger partial charge in [-0.1, -0.05) is 6.08 Å². The highest BCUT2D eigenvalue weighted by Gasteiger charge is 2.07. The van der Waals surface area contributed by atoms with E-state index in [1.54, 1.807) is 26.2 Å². The molecule has 0 fully saturated rings. The fourth-order valence-corrected chi connectivity index (χ4v) is 0.744. The van der Waals surface area contributed by atoms with Crippen molar-refractivity contribution in [2.45, 2.75) is 0 Å². The van der Waals surface area contributed by atoms with Gasteiger partial charge in [0.2, 0.25) is 7.98 Å². The van der Waals surface area contributed by atoms with Gasteiger partial charge in [-0.15, -0.1) is 0 Å². The van der Waals surface area contributed by atoms with Gasteiger partial charge in [0, 0.05) is 0 Å². The number of nitrogens with one attached hydrogen (secondary N) is 1. The highest BCUT2D eigenvalue weighted by molar-refractivity contribution is 6.53. The Hall–Kier alpha value is -1.32. The molecule has 1 aliphatic carbocycles. The Balaban J connectivity index is 3.00. The molecule has 0 bridgehead atoms. The van der Waals surface area contributed by atoms with E-state index in [2.05, 4.69) is 4.90 Å². The zero-order chi connectivity index (χ0) is 7.56. The lowest BCUT2D eigenvalue weighted by Crippen LogP contribution is -2.21. The van der Waals surface area contributed by atoms with Crippen LogP contribution in [0.15, 0.2) is 28.8 Å². The van der Waals surface area contributed by atoms with Gasteiger partial charge in [0.15, 0.2) is 0 Å². The Morgan fingerprint density at radius 2 is 2.30 bits per heavy atom. The van der Waals surface area contributed by atoms with Crippen LogP contribution in [-0.4, -0.2) is 19.4 Å². The van der Waals surface area contributed by atoms with Crippen molar-refractivity contribution in [3.63, 3.8) is 0 Å². The summed E-state index contributed by atoms with van der Waals surface area (Å²) in [7, 11) is 1.65. The molecule has 0 aromatic carbocycles. The summed E-state index contributed by atoms with van der Waals surface area (Å²) in [6.45, 7) is 0. The van der Waals surface area contributed by atoms with Gasteiger partial charge in [-0.25, -0.2) is 0 Å². The van der Waals surface area contributed by atoms with Crippen LogP contribution in [0.3, 0.4) is 0 Å². The van der Waals surface area contributed by atoms with Crippen molar-refractivity contribution in [2.24, 2.45) is 10.6 Å². The lowest BCUT2D eigenvalue weighted by molar-refractivity contribution is 1.41. The third-order valence-corrected chi connectivity index (χ3v) is 1.32. The first-order valence-corrected chi connectivity index (χ1v) is 2.95. The van der Waals surface area contributed by atoms with Crippen LogP contribution in [0.25, 0.3) is 0 Å². The van der Waals surface area contributed by atoms with Crippen molar-refractivity contribution >= 4 is 19.4 Å². The molecule has 3 N–H and O–H groups in total. The smallest absolute Gasteiger partial charge is 0.245 e. The normalized spacial score (nSPS) is 21.4. The maximum absolute atomic E-state index is 7.38. The fraction of sp³-hybridized carbons (Fsp3) is 0. The van der Waals surface area contributed by atoms with Crippen LogP contribution in [0.2, 0.25) is 0 Å². The molecule has 0 heterocycles. The van der Waals surface area contributed by atoms with E-state index in [9.17, 15) is 0 Å². The maximum Gasteiger partial charge on any atom is 0.245 e. The van der Waals surface area contributed by atoms with Gasteiger partial charge >= 0.3 is 0 Å². The fourth-order valence-electron chi connectivity index (χ4n) is 0.744. The molecule has 0 aromatic heterocycles. The van der Waals surface area contributed by atoms with Crippen LogP contribution in [0, 0.1) is 5.41 Å². The molecule has 1 aliphatic rings. The van der Waals surface area contributed by atoms with Gasteiger partial charge in [0.1, 0.15) is 5.71 Å². The van der Waals surface area contributed by atoms with Crippen LogP contribution in [0.1, 0.15) is 0 Å². The molecule has 0 unspecified atom stereocenters. The maximum atomic E-state index is 7.38. The van der Waals surface area contributed by atoms with Crippen LogP contribution in [0.4, 0.5) is 0 Å². The second-order valence-corrected chi connectivity index (χ2v) is 1.96. The minimum atomic E-state index is 0.310. The Kier molecular flexibility index (Phi) is 1.71. The zero-order valence-electron chi connectivity index (χ0n) is 5.76. The first kappa shape index (κ1) is 6.80. The predicted molar refractivity (Wildman–Crippen MR) is 45.1 cm³/mol. The molecule has 50 valence electrons. The lowest BCUT2D eigenvalue weighted by Gasteiger charge is -2.06.